The van der Waals surface area contributed by atoms with E-state index in [2.05, 4.69) is 16.0 Å². The summed E-state index contributed by atoms with van der Waals surface area (Å²) in [5.74, 6) is -14.4. The predicted octanol–water partition coefficient (Wildman–Crippen LogP) is -7.60. The van der Waals surface area contributed by atoms with Crippen LogP contribution < -0.4 is 43.0 Å². The third-order valence-electron chi connectivity index (χ3n) is 8.15. The molecule has 17 N–H and O–H groups in total. The van der Waals surface area contributed by atoms with E-state index in [1.54, 1.807) is 13.8 Å². The zero-order chi connectivity index (χ0) is 46.3. The Morgan fingerprint density at radius 1 is 0.400 bits per heavy atom. The third-order valence-corrected chi connectivity index (χ3v) is 8.15. The van der Waals surface area contributed by atoms with Crippen LogP contribution in [-0.2, 0) is 52.7 Å². The molecule has 0 aromatic heterocycles. The lowest BCUT2D eigenvalue weighted by atomic mass is 10.0. The summed E-state index contributed by atoms with van der Waals surface area (Å²) in [5, 5.41) is 89.9. The minimum Gasteiger partial charge on any atom is -0.481 e. The fourth-order valence-corrected chi connectivity index (χ4v) is 4.86. The molecule has 0 bridgehead atoms. The number of amides is 7. The fraction of sp³-hybridized carbons (Fsp3) is 0.667. The Labute approximate surface area is 341 Å². The Balaban J connectivity index is 5.84. The van der Waals surface area contributed by atoms with E-state index < -0.39 is 172 Å². The number of carbonyl (C=O) groups is 11. The maximum atomic E-state index is 13.2. The van der Waals surface area contributed by atoms with Crippen molar-refractivity contribution in [2.45, 2.75) is 107 Å². The first kappa shape index (κ1) is 54.0. The van der Waals surface area contributed by atoms with Crippen molar-refractivity contribution in [1.82, 2.24) is 37.2 Å². The van der Waals surface area contributed by atoms with Gasteiger partial charge in [-0.3, -0.25) is 47.9 Å². The van der Waals surface area contributed by atoms with Gasteiger partial charge < -0.3 is 83.8 Å². The Morgan fingerprint density at radius 3 is 1.00 bits per heavy atom. The molecule has 0 heterocycles. The second-order valence-electron chi connectivity index (χ2n) is 13.5. The summed E-state index contributed by atoms with van der Waals surface area (Å²) in [6.07, 6.45) is -3.52. The van der Waals surface area contributed by atoms with Crippen LogP contribution in [0.25, 0.3) is 0 Å². The molecule has 0 aromatic carbocycles. The molecule has 0 aliphatic carbocycles. The maximum absolute atomic E-state index is 13.2. The lowest BCUT2D eigenvalue weighted by Gasteiger charge is -2.27. The van der Waals surface area contributed by atoms with E-state index >= 15 is 0 Å². The van der Waals surface area contributed by atoms with Crippen LogP contribution >= 0.6 is 0 Å². The monoisotopic (exact) mass is 866 g/mol. The van der Waals surface area contributed by atoms with Crippen LogP contribution in [0.2, 0.25) is 0 Å². The van der Waals surface area contributed by atoms with Crippen molar-refractivity contribution in [1.29, 1.82) is 0 Å². The van der Waals surface area contributed by atoms with Crippen LogP contribution in [0.5, 0.6) is 0 Å². The first-order valence-corrected chi connectivity index (χ1v) is 18.2. The van der Waals surface area contributed by atoms with Crippen molar-refractivity contribution in [3.05, 3.63) is 0 Å². The van der Waals surface area contributed by atoms with Gasteiger partial charge in [0.25, 0.3) is 0 Å². The second kappa shape index (κ2) is 27.6. The number of aliphatic hydroxyl groups excluding tert-OH is 4. The number of aliphatic hydroxyl groups is 4. The van der Waals surface area contributed by atoms with Crippen LogP contribution in [0.4, 0.5) is 0 Å². The summed E-state index contributed by atoms with van der Waals surface area (Å²) >= 11 is 0. The van der Waals surface area contributed by atoms with E-state index in [4.69, 9.17) is 21.1 Å². The minimum atomic E-state index is -1.95. The van der Waals surface area contributed by atoms with Crippen LogP contribution in [-0.4, -0.2) is 181 Å². The highest BCUT2D eigenvalue weighted by Gasteiger charge is 2.34. The highest BCUT2D eigenvalue weighted by atomic mass is 16.4. The quantitative estimate of drug-likeness (QED) is 0.0319. The molecule has 0 aliphatic rings. The number of carboxylic acid groups (broad SMARTS) is 4. The summed E-state index contributed by atoms with van der Waals surface area (Å²) in [7, 11) is 0. The average molecular weight is 867 g/mol. The first-order valence-electron chi connectivity index (χ1n) is 18.2. The summed E-state index contributed by atoms with van der Waals surface area (Å²) in [6.45, 7) is -1.18. The van der Waals surface area contributed by atoms with Crippen LogP contribution in [0.3, 0.4) is 0 Å². The predicted molar refractivity (Wildman–Crippen MR) is 198 cm³/mol. The van der Waals surface area contributed by atoms with Crippen molar-refractivity contribution >= 4 is 65.2 Å². The van der Waals surface area contributed by atoms with Gasteiger partial charge in [-0.25, -0.2) is 4.79 Å². The topological polar surface area (TPSA) is 460 Å². The number of carboxylic acids is 4. The maximum Gasteiger partial charge on any atom is 0.326 e. The normalized spacial score (nSPS) is 14.9. The molecule has 27 heteroatoms. The van der Waals surface area contributed by atoms with Crippen molar-refractivity contribution in [3.8, 4) is 0 Å². The van der Waals surface area contributed by atoms with Crippen LogP contribution in [0.15, 0.2) is 0 Å². The molecule has 0 aromatic rings. The van der Waals surface area contributed by atoms with Gasteiger partial charge in [-0.1, -0.05) is 13.8 Å². The molecule has 340 valence electrons. The number of hydrogen-bond acceptors (Lipinski definition) is 16. The van der Waals surface area contributed by atoms with Crippen molar-refractivity contribution < 1.29 is 93.6 Å². The van der Waals surface area contributed by atoms with E-state index in [9.17, 15) is 78.3 Å². The van der Waals surface area contributed by atoms with E-state index in [0.29, 0.717) is 0 Å². The Morgan fingerprint density at radius 2 is 0.667 bits per heavy atom. The Hall–Kier alpha value is -6.03. The molecule has 60 heavy (non-hydrogen) atoms. The van der Waals surface area contributed by atoms with Gasteiger partial charge in [-0.05, 0) is 31.6 Å². The molecule has 0 saturated carbocycles. The molecule has 0 rings (SSSR count). The number of nitrogens with two attached hydrogens (primary N) is 1. The minimum absolute atomic E-state index is 0.0997. The molecular formula is C33H54N8O19. The van der Waals surface area contributed by atoms with Gasteiger partial charge in [0.05, 0.1) is 32.5 Å². The molecule has 8 atom stereocenters. The summed E-state index contributed by atoms with van der Waals surface area (Å²) < 4.78 is 0. The first-order chi connectivity index (χ1) is 28.0. The van der Waals surface area contributed by atoms with Gasteiger partial charge in [-0.2, -0.15) is 0 Å². The molecular weight excluding hydrogens is 812 g/mol. The van der Waals surface area contributed by atoms with Crippen molar-refractivity contribution in [3.63, 3.8) is 0 Å². The Bertz CT molecular complexity index is 1550. The van der Waals surface area contributed by atoms with E-state index in [-0.39, 0.29) is 18.8 Å². The standard InChI is InChI=1S/C33H54N8O19/c1-14(2)9-18(37-30(56)19(10-42)38-26(52)15(34)3-6-23(46)47)28(54)39-21(12-44)31(57)41-22(13-45)32(58)40-20(11-43)29(55)35-16(4-7-24(48)49)27(53)36-17(33(59)60)5-8-25(50)51/h14-22,42-45H,3-13,34H2,1-2H3,(H,35,55)(H,36,53)(H,37,56)(H,38,52)(H,39,54)(H,40,58)(H,41,57)(H,46,47)(H,48,49)(H,50,51)(H,59,60)/t15-,16-,17-,18-,19-,20-,21-,22-/m0/s1. The molecule has 0 aliphatic heterocycles. The second-order valence-corrected chi connectivity index (χ2v) is 13.5. The number of aliphatic carboxylic acids is 4. The van der Waals surface area contributed by atoms with Crippen LogP contribution in [0, 0.1) is 5.92 Å². The molecule has 7 amide bonds. The molecule has 0 radical (unpaired) electrons. The molecule has 0 fully saturated rings. The summed E-state index contributed by atoms with van der Waals surface area (Å²) in [5.41, 5.74) is 5.63. The van der Waals surface area contributed by atoms with E-state index in [1.165, 1.54) is 0 Å². The molecule has 27 nitrogen and oxygen atoms in total. The van der Waals surface area contributed by atoms with Gasteiger partial charge in [-0.15, -0.1) is 0 Å². The molecule has 0 unspecified atom stereocenters. The number of hydrogen-bond donors (Lipinski definition) is 16. The van der Waals surface area contributed by atoms with Gasteiger partial charge in [0.15, 0.2) is 0 Å². The lowest BCUT2D eigenvalue weighted by Crippen LogP contribution is -2.62. The highest BCUT2D eigenvalue weighted by molar-refractivity contribution is 5.97. The molecule has 0 spiro atoms. The summed E-state index contributed by atoms with van der Waals surface area (Å²) in [4.78, 5) is 135. The third kappa shape index (κ3) is 20.6. The zero-order valence-corrected chi connectivity index (χ0v) is 32.6. The summed E-state index contributed by atoms with van der Waals surface area (Å²) in [6, 6.07) is -13.8. The van der Waals surface area contributed by atoms with Gasteiger partial charge >= 0.3 is 23.9 Å². The molecule has 0 saturated heterocycles. The highest BCUT2D eigenvalue weighted by Crippen LogP contribution is 2.08. The van der Waals surface area contributed by atoms with E-state index in [0.717, 1.165) is 0 Å². The van der Waals surface area contributed by atoms with Crippen LogP contribution in [0.1, 0.15) is 58.8 Å². The van der Waals surface area contributed by atoms with Gasteiger partial charge in [0.1, 0.15) is 42.3 Å². The smallest absolute Gasteiger partial charge is 0.326 e. The van der Waals surface area contributed by atoms with E-state index in [1.807, 2.05) is 21.3 Å². The fourth-order valence-electron chi connectivity index (χ4n) is 4.86. The number of rotatable bonds is 30. The zero-order valence-electron chi connectivity index (χ0n) is 32.6. The average Bonchev–Trinajstić information content (AvgIpc) is 3.17. The van der Waals surface area contributed by atoms with Crippen molar-refractivity contribution in [2.24, 2.45) is 11.7 Å². The van der Waals surface area contributed by atoms with Crippen molar-refractivity contribution in [2.75, 3.05) is 26.4 Å². The number of carbonyl (C=O) groups excluding carboxylic acids is 7. The number of nitrogens with one attached hydrogen (secondary N) is 7. The Kier molecular flexibility index (Phi) is 24.8. The lowest BCUT2D eigenvalue weighted by molar-refractivity contribution is -0.144. The van der Waals surface area contributed by atoms with Gasteiger partial charge in [0, 0.05) is 19.3 Å². The largest absolute Gasteiger partial charge is 0.481 e. The SMILES string of the molecule is CC(C)C[C@H](NC(=O)[C@H](CO)NC(=O)[C@@H](N)CCC(=O)O)C(=O)N[C@@H](CO)C(=O)N[C@@H](CO)C(=O)N[C@@H](CO)C(=O)N[C@@H](CCC(=O)O)C(=O)N[C@@H](CCC(=O)O)C(=O)O. The van der Waals surface area contributed by atoms with Gasteiger partial charge in [0.2, 0.25) is 41.4 Å².